The van der Waals surface area contributed by atoms with Crippen LogP contribution >= 0.6 is 15.9 Å². The predicted octanol–water partition coefficient (Wildman–Crippen LogP) is 3.20. The summed E-state index contributed by atoms with van der Waals surface area (Å²) in [7, 11) is 0. The molecule has 2 aliphatic rings. The smallest absolute Gasteiger partial charge is 0.0376 e. The van der Waals surface area contributed by atoms with Gasteiger partial charge < -0.3 is 5.32 Å². The lowest BCUT2D eigenvalue weighted by molar-refractivity contribution is 0.189. The zero-order valence-corrected chi connectivity index (χ0v) is 12.3. The van der Waals surface area contributed by atoms with Crippen molar-refractivity contribution in [3.05, 3.63) is 34.3 Å². The minimum atomic E-state index is 0.651. The minimum absolute atomic E-state index is 0.651. The van der Waals surface area contributed by atoms with Crippen molar-refractivity contribution in [3.8, 4) is 0 Å². The van der Waals surface area contributed by atoms with Crippen LogP contribution in [0, 0.1) is 5.92 Å². The molecule has 2 nitrogen and oxygen atoms in total. The second kappa shape index (κ2) is 5.72. The number of nitrogens with one attached hydrogen (secondary N) is 1. The van der Waals surface area contributed by atoms with Crippen molar-refractivity contribution in [1.29, 1.82) is 0 Å². The SMILES string of the molecule is Brc1ccc(C(C2CC2)N2CCCNCC2)cc1. The van der Waals surface area contributed by atoms with E-state index in [4.69, 9.17) is 0 Å². The summed E-state index contributed by atoms with van der Waals surface area (Å²) in [6.07, 6.45) is 4.09. The number of benzene rings is 1. The summed E-state index contributed by atoms with van der Waals surface area (Å²) in [5.74, 6) is 0.893. The van der Waals surface area contributed by atoms with Crippen molar-refractivity contribution in [3.63, 3.8) is 0 Å². The van der Waals surface area contributed by atoms with Crippen molar-refractivity contribution < 1.29 is 0 Å². The van der Waals surface area contributed by atoms with Crippen LogP contribution in [0.15, 0.2) is 28.7 Å². The fourth-order valence-electron chi connectivity index (χ4n) is 3.00. The molecule has 1 heterocycles. The Morgan fingerprint density at radius 3 is 2.61 bits per heavy atom. The quantitative estimate of drug-likeness (QED) is 0.922. The molecule has 1 N–H and O–H groups in total. The van der Waals surface area contributed by atoms with Crippen LogP contribution in [-0.4, -0.2) is 31.1 Å². The number of hydrogen-bond acceptors (Lipinski definition) is 2. The van der Waals surface area contributed by atoms with Crippen LogP contribution in [0.2, 0.25) is 0 Å². The van der Waals surface area contributed by atoms with E-state index >= 15 is 0 Å². The molecule has 98 valence electrons. The number of halogens is 1. The van der Waals surface area contributed by atoms with Crippen LogP contribution in [0.5, 0.6) is 0 Å². The first-order valence-electron chi connectivity index (χ1n) is 7.05. The van der Waals surface area contributed by atoms with Crippen LogP contribution in [0.4, 0.5) is 0 Å². The molecular weight excluding hydrogens is 288 g/mol. The van der Waals surface area contributed by atoms with Crippen molar-refractivity contribution in [2.45, 2.75) is 25.3 Å². The third kappa shape index (κ3) is 2.95. The van der Waals surface area contributed by atoms with Gasteiger partial charge >= 0.3 is 0 Å². The molecule has 18 heavy (non-hydrogen) atoms. The van der Waals surface area contributed by atoms with Gasteiger partial charge in [0.25, 0.3) is 0 Å². The van der Waals surface area contributed by atoms with Gasteiger partial charge in [0.05, 0.1) is 0 Å². The highest BCUT2D eigenvalue weighted by molar-refractivity contribution is 9.10. The summed E-state index contributed by atoms with van der Waals surface area (Å²) >= 11 is 3.53. The van der Waals surface area contributed by atoms with E-state index in [1.54, 1.807) is 0 Å². The normalized spacial score (nSPS) is 23.6. The van der Waals surface area contributed by atoms with Crippen LogP contribution in [0.1, 0.15) is 30.9 Å². The summed E-state index contributed by atoms with van der Waals surface area (Å²) in [5.41, 5.74) is 1.50. The fraction of sp³-hybridized carbons (Fsp3) is 0.600. The van der Waals surface area contributed by atoms with Crippen LogP contribution < -0.4 is 5.32 Å². The lowest BCUT2D eigenvalue weighted by Crippen LogP contribution is -2.33. The zero-order chi connectivity index (χ0) is 12.4. The van der Waals surface area contributed by atoms with E-state index in [9.17, 15) is 0 Å². The molecule has 0 radical (unpaired) electrons. The zero-order valence-electron chi connectivity index (χ0n) is 10.7. The molecule has 0 bridgehead atoms. The average Bonchev–Trinajstić information content (AvgIpc) is 3.20. The van der Waals surface area contributed by atoms with Crippen molar-refractivity contribution in [2.24, 2.45) is 5.92 Å². The standard InChI is InChI=1S/C15H21BrN2/c16-14-6-4-13(5-7-14)15(12-2-3-12)18-10-1-8-17-9-11-18/h4-7,12,15,17H,1-3,8-11H2. The van der Waals surface area contributed by atoms with Crippen molar-refractivity contribution in [2.75, 3.05) is 26.2 Å². The molecule has 1 atom stereocenters. The monoisotopic (exact) mass is 308 g/mol. The van der Waals surface area contributed by atoms with E-state index in [1.807, 2.05) is 0 Å². The van der Waals surface area contributed by atoms with E-state index in [1.165, 1.54) is 48.9 Å². The minimum Gasteiger partial charge on any atom is -0.315 e. The third-order valence-corrected chi connectivity index (χ3v) is 4.58. The second-order valence-corrected chi connectivity index (χ2v) is 6.39. The van der Waals surface area contributed by atoms with Gasteiger partial charge in [0.15, 0.2) is 0 Å². The van der Waals surface area contributed by atoms with E-state index in [0.29, 0.717) is 6.04 Å². The molecule has 0 amide bonds. The summed E-state index contributed by atoms with van der Waals surface area (Å²) < 4.78 is 1.18. The van der Waals surface area contributed by atoms with Crippen molar-refractivity contribution >= 4 is 15.9 Å². The number of rotatable bonds is 3. The Balaban J connectivity index is 1.80. The first kappa shape index (κ1) is 12.6. The maximum atomic E-state index is 3.53. The van der Waals surface area contributed by atoms with Crippen LogP contribution in [-0.2, 0) is 0 Å². The number of hydrogen-bond donors (Lipinski definition) is 1. The largest absolute Gasteiger partial charge is 0.315 e. The Morgan fingerprint density at radius 1 is 1.11 bits per heavy atom. The molecule has 1 unspecified atom stereocenters. The van der Waals surface area contributed by atoms with E-state index in [0.717, 1.165) is 12.5 Å². The Morgan fingerprint density at radius 2 is 1.89 bits per heavy atom. The van der Waals surface area contributed by atoms with Crippen LogP contribution in [0.3, 0.4) is 0 Å². The first-order chi connectivity index (χ1) is 8.84. The molecule has 1 aliphatic carbocycles. The summed E-state index contributed by atoms with van der Waals surface area (Å²) in [4.78, 5) is 2.70. The fourth-order valence-corrected chi connectivity index (χ4v) is 3.26. The van der Waals surface area contributed by atoms with Gasteiger partial charge in [-0.1, -0.05) is 28.1 Å². The average molecular weight is 309 g/mol. The predicted molar refractivity (Wildman–Crippen MR) is 78.7 cm³/mol. The van der Waals surface area contributed by atoms with Gasteiger partial charge in [0.2, 0.25) is 0 Å². The lowest BCUT2D eigenvalue weighted by atomic mass is 10.0. The molecular formula is C15H21BrN2. The molecule has 1 aromatic rings. The highest BCUT2D eigenvalue weighted by atomic mass is 79.9. The molecule has 3 heteroatoms. The second-order valence-electron chi connectivity index (χ2n) is 5.47. The van der Waals surface area contributed by atoms with Gasteiger partial charge in [-0.05, 0) is 49.4 Å². The molecule has 1 aliphatic heterocycles. The molecule has 3 rings (SSSR count). The molecule has 1 saturated carbocycles. The van der Waals surface area contributed by atoms with Gasteiger partial charge in [0, 0.05) is 30.1 Å². The van der Waals surface area contributed by atoms with E-state index < -0.39 is 0 Å². The maximum Gasteiger partial charge on any atom is 0.0376 e. The Bertz CT molecular complexity index is 378. The van der Waals surface area contributed by atoms with Gasteiger partial charge in [-0.2, -0.15) is 0 Å². The first-order valence-corrected chi connectivity index (χ1v) is 7.84. The molecule has 0 aromatic heterocycles. The summed E-state index contributed by atoms with van der Waals surface area (Å²) in [6.45, 7) is 4.75. The summed E-state index contributed by atoms with van der Waals surface area (Å²) in [6, 6.07) is 9.61. The topological polar surface area (TPSA) is 15.3 Å². The van der Waals surface area contributed by atoms with Gasteiger partial charge in [-0.3, -0.25) is 4.90 Å². The molecule has 1 aromatic carbocycles. The number of nitrogens with zero attached hydrogens (tertiary/aromatic N) is 1. The molecule has 2 fully saturated rings. The van der Waals surface area contributed by atoms with Crippen molar-refractivity contribution in [1.82, 2.24) is 10.2 Å². The van der Waals surface area contributed by atoms with Gasteiger partial charge in [-0.15, -0.1) is 0 Å². The van der Waals surface area contributed by atoms with E-state index in [-0.39, 0.29) is 0 Å². The Kier molecular flexibility index (Phi) is 4.02. The highest BCUT2D eigenvalue weighted by Gasteiger charge is 2.36. The summed E-state index contributed by atoms with van der Waals surface area (Å²) in [5, 5.41) is 3.50. The lowest BCUT2D eigenvalue weighted by Gasteiger charge is -2.31. The molecule has 0 spiro atoms. The van der Waals surface area contributed by atoms with Gasteiger partial charge in [-0.25, -0.2) is 0 Å². The Labute approximate surface area is 118 Å². The third-order valence-electron chi connectivity index (χ3n) is 4.05. The van der Waals surface area contributed by atoms with Gasteiger partial charge in [0.1, 0.15) is 0 Å². The molecule has 1 saturated heterocycles. The maximum absolute atomic E-state index is 3.53. The highest BCUT2D eigenvalue weighted by Crippen LogP contribution is 2.44. The van der Waals surface area contributed by atoms with E-state index in [2.05, 4.69) is 50.4 Å². The van der Waals surface area contributed by atoms with Crippen LogP contribution in [0.25, 0.3) is 0 Å². The Hall–Kier alpha value is -0.380.